The average Bonchev–Trinajstić information content (AvgIpc) is 2.85. The molecule has 1 aliphatic rings. The molecule has 1 aromatic carbocycles. The average molecular weight is 282 g/mol. The van der Waals surface area contributed by atoms with Crippen LogP contribution < -0.4 is 0 Å². The number of aromatic carboxylic acids is 1. The summed E-state index contributed by atoms with van der Waals surface area (Å²) in [5.41, 5.74) is 3.46. The Labute approximate surface area is 121 Å². The van der Waals surface area contributed by atoms with E-state index in [1.165, 1.54) is 0 Å². The van der Waals surface area contributed by atoms with Crippen LogP contribution in [0.4, 0.5) is 0 Å². The number of hydrogen-bond acceptors (Lipinski definition) is 4. The second-order valence-corrected chi connectivity index (χ2v) is 5.14. The third kappa shape index (κ3) is 2.28. The molecular formula is C15H14N4O2. The highest BCUT2D eigenvalue weighted by Gasteiger charge is 2.23. The predicted octanol–water partition coefficient (Wildman–Crippen LogP) is 1.43. The van der Waals surface area contributed by atoms with Gasteiger partial charge in [0.15, 0.2) is 5.69 Å². The number of carbonyl (C=O) groups is 1. The van der Waals surface area contributed by atoms with Crippen molar-refractivity contribution in [3.05, 3.63) is 46.8 Å². The Hall–Kier alpha value is -2.65. The molecule has 1 aliphatic heterocycles. The Morgan fingerprint density at radius 1 is 1.38 bits per heavy atom. The number of rotatable bonds is 2. The zero-order chi connectivity index (χ0) is 15.0. The zero-order valence-corrected chi connectivity index (χ0v) is 11.6. The largest absolute Gasteiger partial charge is 0.478 e. The summed E-state index contributed by atoms with van der Waals surface area (Å²) < 4.78 is 1.76. The zero-order valence-electron chi connectivity index (χ0n) is 11.6. The van der Waals surface area contributed by atoms with Crippen molar-refractivity contribution in [2.24, 2.45) is 0 Å². The van der Waals surface area contributed by atoms with Crippen LogP contribution in [0.5, 0.6) is 0 Å². The van der Waals surface area contributed by atoms with Crippen molar-refractivity contribution in [3.8, 4) is 11.8 Å². The minimum atomic E-state index is -0.955. The summed E-state index contributed by atoms with van der Waals surface area (Å²) in [7, 11) is 2.02. The van der Waals surface area contributed by atoms with Gasteiger partial charge >= 0.3 is 5.97 Å². The van der Waals surface area contributed by atoms with Crippen molar-refractivity contribution in [1.29, 1.82) is 5.26 Å². The number of carboxylic acids is 1. The molecule has 106 valence electrons. The lowest BCUT2D eigenvalue weighted by molar-refractivity contribution is 0.0697. The first-order valence-electron chi connectivity index (χ1n) is 6.63. The lowest BCUT2D eigenvalue weighted by Gasteiger charge is -2.23. The number of benzene rings is 1. The quantitative estimate of drug-likeness (QED) is 0.901. The Morgan fingerprint density at radius 2 is 2.10 bits per heavy atom. The Bertz CT molecular complexity index is 740. The fourth-order valence-corrected chi connectivity index (χ4v) is 2.60. The smallest absolute Gasteiger partial charge is 0.335 e. The summed E-state index contributed by atoms with van der Waals surface area (Å²) >= 11 is 0. The van der Waals surface area contributed by atoms with E-state index in [0.29, 0.717) is 12.2 Å². The summed E-state index contributed by atoms with van der Waals surface area (Å²) in [4.78, 5) is 13.1. The number of likely N-dealkylation sites (N-methyl/N-ethyl adjacent to an activating group) is 1. The highest BCUT2D eigenvalue weighted by Crippen LogP contribution is 2.24. The molecule has 0 unspecified atom stereocenters. The highest BCUT2D eigenvalue weighted by atomic mass is 16.4. The molecule has 0 amide bonds. The first kappa shape index (κ1) is 13.3. The van der Waals surface area contributed by atoms with Gasteiger partial charge in [-0.1, -0.05) is 0 Å². The first-order chi connectivity index (χ1) is 10.1. The standard InChI is InChI=1S/C15H14N4O2/c1-18-7-6-14-12(9-18)13(8-16)17-19(14)11-4-2-10(3-5-11)15(20)21/h2-5H,6-7,9H2,1H3,(H,20,21). The molecule has 0 spiro atoms. The molecule has 3 rings (SSSR count). The van der Waals surface area contributed by atoms with Crippen LogP contribution in [0.2, 0.25) is 0 Å². The van der Waals surface area contributed by atoms with Crippen LogP contribution in [-0.2, 0) is 13.0 Å². The van der Waals surface area contributed by atoms with Crippen molar-refractivity contribution in [2.75, 3.05) is 13.6 Å². The van der Waals surface area contributed by atoms with Crippen molar-refractivity contribution in [2.45, 2.75) is 13.0 Å². The van der Waals surface area contributed by atoms with Crippen LogP contribution in [0.1, 0.15) is 27.3 Å². The molecule has 21 heavy (non-hydrogen) atoms. The summed E-state index contributed by atoms with van der Waals surface area (Å²) in [6.07, 6.45) is 0.821. The van der Waals surface area contributed by atoms with Gasteiger partial charge in [0, 0.05) is 25.1 Å². The third-order valence-corrected chi connectivity index (χ3v) is 3.71. The molecular weight excluding hydrogens is 268 g/mol. The maximum atomic E-state index is 10.9. The van der Waals surface area contributed by atoms with Crippen molar-refractivity contribution in [3.63, 3.8) is 0 Å². The minimum absolute atomic E-state index is 0.236. The second kappa shape index (κ2) is 5.04. The summed E-state index contributed by atoms with van der Waals surface area (Å²) in [6.45, 7) is 1.63. The van der Waals surface area contributed by atoms with Gasteiger partial charge in [-0.2, -0.15) is 10.4 Å². The van der Waals surface area contributed by atoms with E-state index in [1.807, 2.05) is 7.05 Å². The summed E-state index contributed by atoms with van der Waals surface area (Å²) in [5.74, 6) is -0.955. The van der Waals surface area contributed by atoms with Crippen LogP contribution in [0.15, 0.2) is 24.3 Å². The minimum Gasteiger partial charge on any atom is -0.478 e. The van der Waals surface area contributed by atoms with Gasteiger partial charge in [0.2, 0.25) is 0 Å². The van der Waals surface area contributed by atoms with Gasteiger partial charge in [0.05, 0.1) is 16.9 Å². The molecule has 6 nitrogen and oxygen atoms in total. The number of carboxylic acid groups (broad SMARTS) is 1. The van der Waals surface area contributed by atoms with Crippen LogP contribution in [0, 0.1) is 11.3 Å². The number of aromatic nitrogens is 2. The molecule has 0 saturated carbocycles. The number of hydrogen-bond donors (Lipinski definition) is 1. The normalized spacial score (nSPS) is 14.5. The molecule has 6 heteroatoms. The van der Waals surface area contributed by atoms with Crippen LogP contribution in [-0.4, -0.2) is 39.3 Å². The van der Waals surface area contributed by atoms with Crippen LogP contribution in [0.3, 0.4) is 0 Å². The van der Waals surface area contributed by atoms with Crippen molar-refractivity contribution in [1.82, 2.24) is 14.7 Å². The summed E-state index contributed by atoms with van der Waals surface area (Å²) in [5, 5.41) is 22.5. The third-order valence-electron chi connectivity index (χ3n) is 3.71. The monoisotopic (exact) mass is 282 g/mol. The number of fused-ring (bicyclic) bond motifs is 1. The first-order valence-corrected chi connectivity index (χ1v) is 6.63. The van der Waals surface area contributed by atoms with Gasteiger partial charge in [-0.05, 0) is 31.3 Å². The van der Waals surface area contributed by atoms with E-state index in [9.17, 15) is 10.1 Å². The molecule has 0 atom stereocenters. The Balaban J connectivity index is 2.07. The van der Waals surface area contributed by atoms with E-state index < -0.39 is 5.97 Å². The van der Waals surface area contributed by atoms with Gasteiger partial charge < -0.3 is 10.0 Å². The number of nitrogens with zero attached hydrogens (tertiary/aromatic N) is 4. The predicted molar refractivity (Wildman–Crippen MR) is 75.3 cm³/mol. The van der Waals surface area contributed by atoms with Crippen LogP contribution in [0.25, 0.3) is 5.69 Å². The molecule has 1 aromatic heterocycles. The maximum Gasteiger partial charge on any atom is 0.335 e. The molecule has 2 aromatic rings. The van der Waals surface area contributed by atoms with Gasteiger partial charge in [0.25, 0.3) is 0 Å². The van der Waals surface area contributed by atoms with Crippen molar-refractivity contribution < 1.29 is 9.90 Å². The summed E-state index contributed by atoms with van der Waals surface area (Å²) in [6, 6.07) is 8.68. The van der Waals surface area contributed by atoms with E-state index in [4.69, 9.17) is 5.11 Å². The maximum absolute atomic E-state index is 10.9. The fourth-order valence-electron chi connectivity index (χ4n) is 2.60. The molecule has 0 aliphatic carbocycles. The second-order valence-electron chi connectivity index (χ2n) is 5.14. The van der Waals surface area contributed by atoms with E-state index >= 15 is 0 Å². The molecule has 0 radical (unpaired) electrons. The highest BCUT2D eigenvalue weighted by molar-refractivity contribution is 5.87. The number of nitriles is 1. The molecule has 2 heterocycles. The lowest BCUT2D eigenvalue weighted by atomic mass is 10.1. The Morgan fingerprint density at radius 3 is 2.71 bits per heavy atom. The molecule has 1 N–H and O–H groups in total. The SMILES string of the molecule is CN1CCc2c(c(C#N)nn2-c2ccc(C(=O)O)cc2)C1. The topological polar surface area (TPSA) is 82.2 Å². The van der Waals surface area contributed by atoms with Gasteiger partial charge in [-0.3, -0.25) is 0 Å². The van der Waals surface area contributed by atoms with E-state index in [-0.39, 0.29) is 5.56 Å². The Kier molecular flexibility index (Phi) is 3.20. The van der Waals surface area contributed by atoms with E-state index in [0.717, 1.165) is 29.9 Å². The molecule has 0 bridgehead atoms. The van der Waals surface area contributed by atoms with E-state index in [2.05, 4.69) is 16.1 Å². The van der Waals surface area contributed by atoms with Gasteiger partial charge in [0.1, 0.15) is 6.07 Å². The van der Waals surface area contributed by atoms with E-state index in [1.54, 1.807) is 28.9 Å². The van der Waals surface area contributed by atoms with Crippen molar-refractivity contribution >= 4 is 5.97 Å². The van der Waals surface area contributed by atoms with Gasteiger partial charge in [-0.15, -0.1) is 0 Å². The lowest BCUT2D eigenvalue weighted by Crippen LogP contribution is -2.27. The molecule has 0 fully saturated rings. The van der Waals surface area contributed by atoms with Crippen LogP contribution >= 0.6 is 0 Å². The fraction of sp³-hybridized carbons (Fsp3) is 0.267. The molecule has 0 saturated heterocycles. The van der Waals surface area contributed by atoms with Gasteiger partial charge in [-0.25, -0.2) is 9.48 Å².